The number of amides is 1. The first kappa shape index (κ1) is 16.1. The van der Waals surface area contributed by atoms with E-state index in [4.69, 9.17) is 0 Å². The van der Waals surface area contributed by atoms with Crippen molar-refractivity contribution in [3.63, 3.8) is 0 Å². The van der Waals surface area contributed by atoms with Gasteiger partial charge in [0.15, 0.2) is 0 Å². The summed E-state index contributed by atoms with van der Waals surface area (Å²) >= 11 is 1.44. The molecule has 1 heterocycles. The molecule has 3 rings (SSSR count). The van der Waals surface area contributed by atoms with Crippen LogP contribution in [-0.4, -0.2) is 16.9 Å². The molecule has 2 atom stereocenters. The predicted molar refractivity (Wildman–Crippen MR) is 90.8 cm³/mol. The van der Waals surface area contributed by atoms with Gasteiger partial charge < -0.3 is 5.32 Å². The lowest BCUT2D eigenvalue weighted by Gasteiger charge is -2.29. The summed E-state index contributed by atoms with van der Waals surface area (Å²) in [6.07, 6.45) is 4.99. The zero-order valence-corrected chi connectivity index (χ0v) is 14.0. The second kappa shape index (κ2) is 7.21. The van der Waals surface area contributed by atoms with Crippen LogP contribution in [0, 0.1) is 11.7 Å². The fraction of sp³-hybridized carbons (Fsp3) is 0.444. The molecule has 0 aliphatic heterocycles. The van der Waals surface area contributed by atoms with Gasteiger partial charge in [0, 0.05) is 17.0 Å². The number of hydrogen-bond donors (Lipinski definition) is 1. The fourth-order valence-electron chi connectivity index (χ4n) is 3.10. The highest BCUT2D eigenvalue weighted by Crippen LogP contribution is 2.25. The van der Waals surface area contributed by atoms with Crippen LogP contribution in [0.15, 0.2) is 29.6 Å². The smallest absolute Gasteiger partial charge is 0.226 e. The molecule has 0 saturated heterocycles. The molecule has 1 aromatic carbocycles. The number of benzene rings is 1. The van der Waals surface area contributed by atoms with E-state index in [1.807, 2.05) is 11.4 Å². The minimum absolute atomic E-state index is 0.0276. The van der Waals surface area contributed by atoms with E-state index in [-0.39, 0.29) is 24.2 Å². The first-order chi connectivity index (χ1) is 11.1. The molecule has 1 aromatic heterocycles. The third-order valence-corrected chi connectivity index (χ3v) is 5.36. The van der Waals surface area contributed by atoms with Gasteiger partial charge in [-0.3, -0.25) is 4.79 Å². The van der Waals surface area contributed by atoms with Crippen molar-refractivity contribution < 1.29 is 9.18 Å². The summed E-state index contributed by atoms with van der Waals surface area (Å²) in [6.45, 7) is 2.20. The van der Waals surface area contributed by atoms with Crippen LogP contribution < -0.4 is 5.32 Å². The molecule has 1 saturated carbocycles. The number of aromatic nitrogens is 1. The molecular formula is C18H21FN2OS. The highest BCUT2D eigenvalue weighted by molar-refractivity contribution is 7.13. The number of nitrogens with zero attached hydrogens (tertiary/aromatic N) is 1. The Balaban J connectivity index is 1.61. The minimum atomic E-state index is -0.275. The van der Waals surface area contributed by atoms with E-state index in [9.17, 15) is 9.18 Å². The molecule has 122 valence electrons. The van der Waals surface area contributed by atoms with Crippen LogP contribution in [0.5, 0.6) is 0 Å². The van der Waals surface area contributed by atoms with Gasteiger partial charge in [-0.05, 0) is 30.9 Å². The number of thiazole rings is 1. The van der Waals surface area contributed by atoms with Crippen LogP contribution in [-0.2, 0) is 11.2 Å². The average molecular weight is 332 g/mol. The number of nitrogens with one attached hydrogen (secondary N) is 1. The van der Waals surface area contributed by atoms with Crippen molar-refractivity contribution in [1.82, 2.24) is 10.3 Å². The van der Waals surface area contributed by atoms with Crippen LogP contribution in [0.25, 0.3) is 10.6 Å². The van der Waals surface area contributed by atoms with E-state index in [2.05, 4.69) is 17.2 Å². The van der Waals surface area contributed by atoms with Crippen molar-refractivity contribution in [2.24, 2.45) is 5.92 Å². The number of carbonyl (C=O) groups is 1. The van der Waals surface area contributed by atoms with E-state index in [0.717, 1.165) is 22.7 Å². The summed E-state index contributed by atoms with van der Waals surface area (Å²) in [5.74, 6) is 0.300. The standard InChI is InChI=1S/C18H21FN2OS/c1-12-5-2-3-8-16(12)21-17(22)10-15-11-23-18(20-15)13-6-4-7-14(19)9-13/h4,6-7,9,11-12,16H,2-3,5,8,10H2,1H3,(H,21,22). The molecule has 1 aliphatic rings. The van der Waals surface area contributed by atoms with Crippen molar-refractivity contribution in [2.75, 3.05) is 0 Å². The SMILES string of the molecule is CC1CCCCC1NC(=O)Cc1csc(-c2cccc(F)c2)n1. The Kier molecular flexibility index (Phi) is 5.06. The Morgan fingerprint density at radius 3 is 3.00 bits per heavy atom. The molecule has 2 aromatic rings. The minimum Gasteiger partial charge on any atom is -0.353 e. The Morgan fingerprint density at radius 2 is 2.22 bits per heavy atom. The van der Waals surface area contributed by atoms with E-state index in [0.29, 0.717) is 5.92 Å². The molecule has 5 heteroatoms. The first-order valence-corrected chi connectivity index (χ1v) is 8.99. The summed E-state index contributed by atoms with van der Waals surface area (Å²) < 4.78 is 13.3. The van der Waals surface area contributed by atoms with Gasteiger partial charge in [0.25, 0.3) is 0 Å². The summed E-state index contributed by atoms with van der Waals surface area (Å²) in [5.41, 5.74) is 1.50. The van der Waals surface area contributed by atoms with Crippen LogP contribution in [0.1, 0.15) is 38.3 Å². The van der Waals surface area contributed by atoms with E-state index >= 15 is 0 Å². The zero-order valence-electron chi connectivity index (χ0n) is 13.2. The predicted octanol–water partition coefficient (Wildman–Crippen LogP) is 4.19. The van der Waals surface area contributed by atoms with Gasteiger partial charge >= 0.3 is 0 Å². The number of hydrogen-bond acceptors (Lipinski definition) is 3. The van der Waals surface area contributed by atoms with Crippen molar-refractivity contribution >= 4 is 17.2 Å². The number of rotatable bonds is 4. The van der Waals surface area contributed by atoms with Gasteiger partial charge in [0.1, 0.15) is 10.8 Å². The maximum Gasteiger partial charge on any atom is 0.226 e. The molecule has 0 bridgehead atoms. The number of carbonyl (C=O) groups excluding carboxylic acids is 1. The molecule has 1 amide bonds. The second-order valence-electron chi connectivity index (χ2n) is 6.27. The highest BCUT2D eigenvalue weighted by atomic mass is 32.1. The van der Waals surface area contributed by atoms with E-state index < -0.39 is 0 Å². The van der Waals surface area contributed by atoms with Gasteiger partial charge in [-0.15, -0.1) is 11.3 Å². The molecule has 1 N–H and O–H groups in total. The largest absolute Gasteiger partial charge is 0.353 e. The first-order valence-electron chi connectivity index (χ1n) is 8.11. The Labute approximate surface area is 140 Å². The van der Waals surface area contributed by atoms with E-state index in [1.165, 1.54) is 42.7 Å². The van der Waals surface area contributed by atoms with Crippen LogP contribution in [0.4, 0.5) is 4.39 Å². The molecule has 23 heavy (non-hydrogen) atoms. The maximum absolute atomic E-state index is 13.3. The lowest BCUT2D eigenvalue weighted by atomic mass is 9.86. The molecule has 3 nitrogen and oxygen atoms in total. The molecule has 0 radical (unpaired) electrons. The van der Waals surface area contributed by atoms with Crippen molar-refractivity contribution in [1.29, 1.82) is 0 Å². The molecule has 2 unspecified atom stereocenters. The third-order valence-electron chi connectivity index (χ3n) is 4.42. The van der Waals surface area contributed by atoms with Crippen LogP contribution in [0.2, 0.25) is 0 Å². The van der Waals surface area contributed by atoms with Crippen LogP contribution in [0.3, 0.4) is 0 Å². The lowest BCUT2D eigenvalue weighted by molar-refractivity contribution is -0.121. The van der Waals surface area contributed by atoms with Crippen molar-refractivity contribution in [3.05, 3.63) is 41.2 Å². The molecule has 1 aliphatic carbocycles. The Morgan fingerprint density at radius 1 is 1.39 bits per heavy atom. The number of halogens is 1. The monoisotopic (exact) mass is 332 g/mol. The summed E-state index contributed by atoms with van der Waals surface area (Å²) in [4.78, 5) is 16.7. The van der Waals surface area contributed by atoms with Gasteiger partial charge in [-0.1, -0.05) is 31.9 Å². The fourth-order valence-corrected chi connectivity index (χ4v) is 3.91. The van der Waals surface area contributed by atoms with Crippen molar-refractivity contribution in [3.8, 4) is 10.6 Å². The normalized spacial score (nSPS) is 21.1. The second-order valence-corrected chi connectivity index (χ2v) is 7.12. The van der Waals surface area contributed by atoms with E-state index in [1.54, 1.807) is 6.07 Å². The van der Waals surface area contributed by atoms with Gasteiger partial charge in [0.05, 0.1) is 12.1 Å². The summed E-state index contributed by atoms with van der Waals surface area (Å²) in [6, 6.07) is 6.67. The topological polar surface area (TPSA) is 42.0 Å². The Hall–Kier alpha value is -1.75. The van der Waals surface area contributed by atoms with Gasteiger partial charge in [-0.25, -0.2) is 9.37 Å². The molecule has 1 fully saturated rings. The Bertz CT molecular complexity index is 685. The highest BCUT2D eigenvalue weighted by Gasteiger charge is 2.23. The summed E-state index contributed by atoms with van der Waals surface area (Å²) in [5, 5.41) is 5.77. The lowest BCUT2D eigenvalue weighted by Crippen LogP contribution is -2.41. The average Bonchev–Trinajstić information content (AvgIpc) is 2.98. The van der Waals surface area contributed by atoms with Gasteiger partial charge in [-0.2, -0.15) is 0 Å². The zero-order chi connectivity index (χ0) is 16.2. The quantitative estimate of drug-likeness (QED) is 0.912. The summed E-state index contributed by atoms with van der Waals surface area (Å²) in [7, 11) is 0. The van der Waals surface area contributed by atoms with Crippen molar-refractivity contribution in [2.45, 2.75) is 45.1 Å². The third kappa shape index (κ3) is 4.16. The van der Waals surface area contributed by atoms with Gasteiger partial charge in [0.2, 0.25) is 5.91 Å². The maximum atomic E-state index is 13.3. The molecular weight excluding hydrogens is 311 g/mol. The molecule has 0 spiro atoms. The van der Waals surface area contributed by atoms with Crippen LogP contribution >= 0.6 is 11.3 Å².